The van der Waals surface area contributed by atoms with Gasteiger partial charge in [0.2, 0.25) is 0 Å². The average molecular weight is 633 g/mol. The van der Waals surface area contributed by atoms with Gasteiger partial charge in [0.15, 0.2) is 0 Å². The molecule has 8 aliphatic rings. The molecular formula is C42H64O4. The predicted octanol–water partition coefficient (Wildman–Crippen LogP) is 9.03. The molecule has 0 saturated heterocycles. The second-order valence-corrected chi connectivity index (χ2v) is 18.9. The molecule has 0 aromatic rings. The molecular weight excluding hydrogens is 568 g/mol. The smallest absolute Gasteiger partial charge is 0.133 e. The average Bonchev–Trinajstić information content (AvgIpc) is 3.55. The van der Waals surface area contributed by atoms with Gasteiger partial charge >= 0.3 is 0 Å². The lowest BCUT2D eigenvalue weighted by Gasteiger charge is -2.57. The minimum absolute atomic E-state index is 0.117. The zero-order valence-electron chi connectivity index (χ0n) is 30.0. The maximum Gasteiger partial charge on any atom is 0.133 e. The minimum atomic E-state index is -0.117. The highest BCUT2D eigenvalue weighted by molar-refractivity contribution is 5.80. The lowest BCUT2D eigenvalue weighted by molar-refractivity contribution is -0.128. The molecule has 6 saturated carbocycles. The van der Waals surface area contributed by atoms with Gasteiger partial charge in [-0.3, -0.25) is 9.59 Å². The second kappa shape index (κ2) is 11.7. The van der Waals surface area contributed by atoms with Crippen molar-refractivity contribution in [2.75, 3.05) is 0 Å². The number of aliphatic hydroxyl groups is 2. The molecule has 14 atom stereocenters. The van der Waals surface area contributed by atoms with E-state index >= 15 is 0 Å². The standard InChI is InChI=1S/2C21H32O2/c2*1-13(22)17-6-7-18-16-5-4-14-12-15(23)8-10-20(14,2)19(16)9-11-21(17,18)3/h2*4,15-19,23H,5-12H2,1-3H3. The predicted molar refractivity (Wildman–Crippen MR) is 184 cm³/mol. The second-order valence-electron chi connectivity index (χ2n) is 18.9. The topological polar surface area (TPSA) is 74.6 Å². The Bertz CT molecular complexity index is 1200. The van der Waals surface area contributed by atoms with Crippen molar-refractivity contribution in [3.8, 4) is 0 Å². The Kier molecular flexibility index (Phi) is 8.44. The summed E-state index contributed by atoms with van der Waals surface area (Å²) in [6.45, 7) is 13.4. The third-order valence-electron chi connectivity index (χ3n) is 17.1. The molecule has 8 aliphatic carbocycles. The van der Waals surface area contributed by atoms with Gasteiger partial charge in [0.25, 0.3) is 0 Å². The number of carbonyl (C=O) groups is 2. The third-order valence-corrected chi connectivity index (χ3v) is 17.1. The van der Waals surface area contributed by atoms with Crippen molar-refractivity contribution in [3.63, 3.8) is 0 Å². The van der Waals surface area contributed by atoms with E-state index < -0.39 is 0 Å². The SMILES string of the molecule is CC(=O)C1CCC2C3CC=C4CC(O)CCC4(C)C3CCC12C.CC(=O)C1CCC2C3CC=C4CC(O)CCC4(C)C3CCC12C. The van der Waals surface area contributed by atoms with Crippen molar-refractivity contribution in [2.24, 2.45) is 69.0 Å². The molecule has 14 unspecified atom stereocenters. The number of ketones is 2. The van der Waals surface area contributed by atoms with E-state index in [1.165, 1.54) is 51.4 Å². The molecule has 4 nitrogen and oxygen atoms in total. The summed E-state index contributed by atoms with van der Waals surface area (Å²) >= 11 is 0. The number of aliphatic hydroxyl groups excluding tert-OH is 2. The van der Waals surface area contributed by atoms with Gasteiger partial charge in [-0.2, -0.15) is 0 Å². The van der Waals surface area contributed by atoms with E-state index in [4.69, 9.17) is 0 Å². The molecule has 0 bridgehead atoms. The van der Waals surface area contributed by atoms with Gasteiger partial charge < -0.3 is 10.2 Å². The van der Waals surface area contributed by atoms with Gasteiger partial charge in [-0.1, -0.05) is 51.0 Å². The molecule has 0 amide bonds. The Labute approximate surface area is 279 Å². The van der Waals surface area contributed by atoms with Crippen LogP contribution in [0.1, 0.15) is 144 Å². The van der Waals surface area contributed by atoms with Crippen LogP contribution in [0.15, 0.2) is 23.3 Å². The largest absolute Gasteiger partial charge is 0.393 e. The van der Waals surface area contributed by atoms with E-state index in [1.807, 2.05) is 13.8 Å². The molecule has 4 heteroatoms. The fourth-order valence-electron chi connectivity index (χ4n) is 14.6. The summed E-state index contributed by atoms with van der Waals surface area (Å²) in [6.07, 6.45) is 22.9. The first-order valence-corrected chi connectivity index (χ1v) is 19.5. The van der Waals surface area contributed by atoms with Crippen LogP contribution in [-0.2, 0) is 9.59 Å². The highest BCUT2D eigenvalue weighted by Gasteiger charge is 2.61. The van der Waals surface area contributed by atoms with E-state index in [0.717, 1.165) is 86.9 Å². The summed E-state index contributed by atoms with van der Waals surface area (Å²) in [4.78, 5) is 24.3. The maximum absolute atomic E-state index is 12.2. The van der Waals surface area contributed by atoms with Gasteiger partial charge in [0.05, 0.1) is 12.2 Å². The van der Waals surface area contributed by atoms with E-state index in [2.05, 4.69) is 39.8 Å². The van der Waals surface area contributed by atoms with Crippen molar-refractivity contribution >= 4 is 11.6 Å². The minimum Gasteiger partial charge on any atom is -0.393 e. The zero-order valence-corrected chi connectivity index (χ0v) is 30.0. The van der Waals surface area contributed by atoms with Crippen LogP contribution in [0.2, 0.25) is 0 Å². The van der Waals surface area contributed by atoms with Crippen molar-refractivity contribution in [1.82, 2.24) is 0 Å². The molecule has 0 aromatic heterocycles. The number of carbonyl (C=O) groups excluding carboxylic acids is 2. The molecule has 0 aliphatic heterocycles. The third kappa shape index (κ3) is 4.94. The van der Waals surface area contributed by atoms with Crippen molar-refractivity contribution in [3.05, 3.63) is 23.3 Å². The first-order valence-electron chi connectivity index (χ1n) is 19.5. The first kappa shape index (κ1) is 33.2. The van der Waals surface area contributed by atoms with Gasteiger partial charge in [0, 0.05) is 11.8 Å². The molecule has 6 fully saturated rings. The fraction of sp³-hybridized carbons (Fsp3) is 0.857. The Balaban J connectivity index is 0.000000147. The summed E-state index contributed by atoms with van der Waals surface area (Å²) < 4.78 is 0. The van der Waals surface area contributed by atoms with Crippen LogP contribution in [0, 0.1) is 69.0 Å². The maximum atomic E-state index is 12.2. The van der Waals surface area contributed by atoms with Gasteiger partial charge in [-0.15, -0.1) is 0 Å². The van der Waals surface area contributed by atoms with Crippen LogP contribution in [0.4, 0.5) is 0 Å². The van der Waals surface area contributed by atoms with Crippen molar-refractivity contribution in [1.29, 1.82) is 0 Å². The van der Waals surface area contributed by atoms with Crippen LogP contribution in [0.3, 0.4) is 0 Å². The molecule has 0 heterocycles. The quantitative estimate of drug-likeness (QED) is 0.298. The molecule has 46 heavy (non-hydrogen) atoms. The van der Waals surface area contributed by atoms with Crippen LogP contribution in [-0.4, -0.2) is 34.0 Å². The molecule has 0 spiro atoms. The molecule has 8 rings (SSSR count). The Morgan fingerprint density at radius 2 is 0.957 bits per heavy atom. The summed E-state index contributed by atoms with van der Waals surface area (Å²) in [5, 5.41) is 20.1. The monoisotopic (exact) mass is 632 g/mol. The van der Waals surface area contributed by atoms with Gasteiger partial charge in [0.1, 0.15) is 11.6 Å². The van der Waals surface area contributed by atoms with Crippen molar-refractivity contribution in [2.45, 2.75) is 156 Å². The first-order chi connectivity index (χ1) is 21.7. The van der Waals surface area contributed by atoms with Crippen LogP contribution >= 0.6 is 0 Å². The number of allylic oxidation sites excluding steroid dienone is 2. The summed E-state index contributed by atoms with van der Waals surface area (Å²) in [5.41, 5.74) is 4.23. The summed E-state index contributed by atoms with van der Waals surface area (Å²) in [5.74, 6) is 6.01. The lowest BCUT2D eigenvalue weighted by Crippen LogP contribution is -2.50. The van der Waals surface area contributed by atoms with Crippen LogP contribution < -0.4 is 0 Å². The van der Waals surface area contributed by atoms with Gasteiger partial charge in [-0.25, -0.2) is 0 Å². The van der Waals surface area contributed by atoms with Crippen molar-refractivity contribution < 1.29 is 19.8 Å². The number of hydrogen-bond donors (Lipinski definition) is 2. The van der Waals surface area contributed by atoms with E-state index in [9.17, 15) is 19.8 Å². The summed E-state index contributed by atoms with van der Waals surface area (Å²) in [6, 6.07) is 0. The van der Waals surface area contributed by atoms with E-state index in [-0.39, 0.29) is 23.0 Å². The zero-order chi connectivity index (χ0) is 32.8. The number of rotatable bonds is 2. The Hall–Kier alpha value is -1.26. The fourth-order valence-corrected chi connectivity index (χ4v) is 14.6. The van der Waals surface area contributed by atoms with Crippen LogP contribution in [0.25, 0.3) is 0 Å². The number of fused-ring (bicyclic) bond motifs is 10. The van der Waals surface area contributed by atoms with E-state index in [0.29, 0.717) is 34.2 Å². The Morgan fingerprint density at radius 1 is 0.565 bits per heavy atom. The Morgan fingerprint density at radius 3 is 1.33 bits per heavy atom. The van der Waals surface area contributed by atoms with Crippen LogP contribution in [0.5, 0.6) is 0 Å². The van der Waals surface area contributed by atoms with E-state index in [1.54, 1.807) is 11.1 Å². The molecule has 2 N–H and O–H groups in total. The molecule has 0 radical (unpaired) electrons. The number of hydrogen-bond acceptors (Lipinski definition) is 4. The molecule has 0 aromatic carbocycles. The highest BCUT2D eigenvalue weighted by Crippen LogP contribution is 2.68. The highest BCUT2D eigenvalue weighted by atomic mass is 16.3. The summed E-state index contributed by atoms with van der Waals surface area (Å²) in [7, 11) is 0. The normalized spacial score (nSPS) is 52.2. The molecule has 256 valence electrons. The lowest BCUT2D eigenvalue weighted by atomic mass is 9.47. The number of Topliss-reactive ketones (excluding diaryl/α,β-unsaturated/α-hetero) is 2. The van der Waals surface area contributed by atoms with Gasteiger partial charge in [-0.05, 0) is 174 Å².